The largest absolute Gasteiger partial charge is 0.388 e. The van der Waals surface area contributed by atoms with Crippen LogP contribution < -0.4 is 5.32 Å². The highest BCUT2D eigenvalue weighted by atomic mass is 16.5. The first-order valence-electron chi connectivity index (χ1n) is 5.32. The fourth-order valence-corrected chi connectivity index (χ4v) is 1.39. The number of nitrogens with zero attached hydrogens (tertiary/aromatic N) is 2. The van der Waals surface area contributed by atoms with Gasteiger partial charge in [-0.2, -0.15) is 4.98 Å². The maximum atomic E-state index is 5.22. The van der Waals surface area contributed by atoms with E-state index in [2.05, 4.69) is 15.5 Å². The second-order valence-corrected chi connectivity index (χ2v) is 3.94. The molecule has 2 rings (SSSR count). The third-order valence-electron chi connectivity index (χ3n) is 2.36. The molecule has 2 aromatic rings. The van der Waals surface area contributed by atoms with Crippen molar-refractivity contribution in [1.29, 1.82) is 0 Å². The summed E-state index contributed by atoms with van der Waals surface area (Å²) in [7, 11) is 1.88. The monoisotopic (exact) mass is 217 g/mol. The van der Waals surface area contributed by atoms with Crippen molar-refractivity contribution in [3.05, 3.63) is 30.1 Å². The normalized spacial score (nSPS) is 10.8. The van der Waals surface area contributed by atoms with Crippen molar-refractivity contribution in [2.24, 2.45) is 0 Å². The first-order chi connectivity index (χ1) is 7.70. The fourth-order valence-electron chi connectivity index (χ4n) is 1.39. The summed E-state index contributed by atoms with van der Waals surface area (Å²) in [6, 6.07) is 7.89. The number of rotatable bonds is 3. The van der Waals surface area contributed by atoms with E-state index in [1.54, 1.807) is 0 Å². The molecule has 1 aromatic carbocycles. The van der Waals surface area contributed by atoms with Crippen molar-refractivity contribution in [3.63, 3.8) is 0 Å². The van der Waals surface area contributed by atoms with Gasteiger partial charge >= 0.3 is 0 Å². The Labute approximate surface area is 94.7 Å². The minimum atomic E-state index is 0.282. The highest BCUT2D eigenvalue weighted by Gasteiger charge is 2.11. The van der Waals surface area contributed by atoms with Crippen LogP contribution in [0.5, 0.6) is 0 Å². The molecule has 0 fully saturated rings. The van der Waals surface area contributed by atoms with E-state index in [1.165, 1.54) is 0 Å². The van der Waals surface area contributed by atoms with E-state index >= 15 is 0 Å². The topological polar surface area (TPSA) is 51.0 Å². The minimum Gasteiger partial charge on any atom is -0.388 e. The number of nitrogens with one attached hydrogen (secondary N) is 1. The Bertz CT molecular complexity index is 477. The minimum absolute atomic E-state index is 0.282. The molecule has 4 heteroatoms. The number of aromatic nitrogens is 2. The van der Waals surface area contributed by atoms with Crippen molar-refractivity contribution in [2.45, 2.75) is 19.8 Å². The quantitative estimate of drug-likeness (QED) is 0.858. The van der Waals surface area contributed by atoms with Gasteiger partial charge in [-0.1, -0.05) is 25.1 Å². The lowest BCUT2D eigenvalue weighted by atomic mass is 10.2. The maximum absolute atomic E-state index is 5.22. The Balaban J connectivity index is 2.34. The van der Waals surface area contributed by atoms with Crippen LogP contribution >= 0.6 is 0 Å². The second kappa shape index (κ2) is 4.35. The molecular weight excluding hydrogens is 202 g/mol. The number of hydrogen-bond donors (Lipinski definition) is 1. The van der Waals surface area contributed by atoms with Gasteiger partial charge in [0, 0.05) is 24.2 Å². The Morgan fingerprint density at radius 1 is 1.31 bits per heavy atom. The molecule has 0 saturated heterocycles. The van der Waals surface area contributed by atoms with Crippen LogP contribution in [0.4, 0.5) is 5.69 Å². The van der Waals surface area contributed by atoms with Gasteiger partial charge in [-0.05, 0) is 18.2 Å². The van der Waals surface area contributed by atoms with Crippen molar-refractivity contribution >= 4 is 5.69 Å². The zero-order chi connectivity index (χ0) is 11.5. The Morgan fingerprint density at radius 3 is 2.75 bits per heavy atom. The van der Waals surface area contributed by atoms with Crippen molar-refractivity contribution in [1.82, 2.24) is 10.1 Å². The van der Waals surface area contributed by atoms with E-state index in [-0.39, 0.29) is 5.92 Å². The summed E-state index contributed by atoms with van der Waals surface area (Å²) in [5.41, 5.74) is 1.97. The molecule has 0 atom stereocenters. The van der Waals surface area contributed by atoms with Crippen LogP contribution in [0.25, 0.3) is 11.5 Å². The highest BCUT2D eigenvalue weighted by molar-refractivity contribution is 5.60. The van der Waals surface area contributed by atoms with Gasteiger partial charge in [0.1, 0.15) is 0 Å². The van der Waals surface area contributed by atoms with E-state index in [1.807, 2.05) is 45.2 Å². The Kier molecular flexibility index (Phi) is 2.90. The predicted octanol–water partition coefficient (Wildman–Crippen LogP) is 2.90. The van der Waals surface area contributed by atoms with Gasteiger partial charge in [0.15, 0.2) is 5.82 Å². The first kappa shape index (κ1) is 10.7. The van der Waals surface area contributed by atoms with Crippen LogP contribution in [0, 0.1) is 0 Å². The molecule has 0 amide bonds. The van der Waals surface area contributed by atoms with Gasteiger partial charge < -0.3 is 9.84 Å². The van der Waals surface area contributed by atoms with Gasteiger partial charge in [0.25, 0.3) is 5.89 Å². The SMILES string of the molecule is CNc1cccc(-c2nc(C(C)C)no2)c1. The molecule has 0 aliphatic carbocycles. The van der Waals surface area contributed by atoms with Crippen molar-refractivity contribution in [3.8, 4) is 11.5 Å². The van der Waals surface area contributed by atoms with E-state index in [4.69, 9.17) is 4.52 Å². The molecular formula is C12H15N3O. The molecule has 0 radical (unpaired) electrons. The van der Waals surface area contributed by atoms with Gasteiger partial charge in [0.05, 0.1) is 0 Å². The molecule has 0 aliphatic heterocycles. The van der Waals surface area contributed by atoms with Crippen LogP contribution in [0.2, 0.25) is 0 Å². The summed E-state index contributed by atoms with van der Waals surface area (Å²) in [5.74, 6) is 1.59. The average molecular weight is 217 g/mol. The lowest BCUT2D eigenvalue weighted by Gasteiger charge is -2.00. The summed E-state index contributed by atoms with van der Waals surface area (Å²) in [4.78, 5) is 4.35. The second-order valence-electron chi connectivity index (χ2n) is 3.94. The van der Waals surface area contributed by atoms with Gasteiger partial charge in [-0.15, -0.1) is 0 Å². The lowest BCUT2D eigenvalue weighted by Crippen LogP contribution is -1.90. The molecule has 84 valence electrons. The summed E-state index contributed by atoms with van der Waals surface area (Å²) in [5, 5.41) is 7.02. The van der Waals surface area contributed by atoms with E-state index in [0.717, 1.165) is 17.1 Å². The summed E-state index contributed by atoms with van der Waals surface area (Å²) >= 11 is 0. The molecule has 16 heavy (non-hydrogen) atoms. The Hall–Kier alpha value is -1.84. The summed E-state index contributed by atoms with van der Waals surface area (Å²) in [6.07, 6.45) is 0. The number of benzene rings is 1. The summed E-state index contributed by atoms with van der Waals surface area (Å²) in [6.45, 7) is 4.08. The van der Waals surface area contributed by atoms with Gasteiger partial charge in [-0.3, -0.25) is 0 Å². The molecule has 0 spiro atoms. The zero-order valence-corrected chi connectivity index (χ0v) is 9.69. The van der Waals surface area contributed by atoms with Crippen LogP contribution in [-0.2, 0) is 0 Å². The predicted molar refractivity (Wildman–Crippen MR) is 63.4 cm³/mol. The molecule has 4 nitrogen and oxygen atoms in total. The van der Waals surface area contributed by atoms with Crippen LogP contribution in [0.3, 0.4) is 0 Å². The lowest BCUT2D eigenvalue weighted by molar-refractivity contribution is 0.419. The third kappa shape index (κ3) is 2.05. The first-order valence-corrected chi connectivity index (χ1v) is 5.32. The number of hydrogen-bond acceptors (Lipinski definition) is 4. The third-order valence-corrected chi connectivity index (χ3v) is 2.36. The molecule has 0 unspecified atom stereocenters. The maximum Gasteiger partial charge on any atom is 0.258 e. The fraction of sp³-hybridized carbons (Fsp3) is 0.333. The van der Waals surface area contributed by atoms with Crippen LogP contribution in [-0.4, -0.2) is 17.2 Å². The Morgan fingerprint density at radius 2 is 2.12 bits per heavy atom. The number of anilines is 1. The van der Waals surface area contributed by atoms with Gasteiger partial charge in [0.2, 0.25) is 0 Å². The molecule has 1 heterocycles. The van der Waals surface area contributed by atoms with Crippen LogP contribution in [0.15, 0.2) is 28.8 Å². The molecule has 1 N–H and O–H groups in total. The zero-order valence-electron chi connectivity index (χ0n) is 9.69. The van der Waals surface area contributed by atoms with Crippen LogP contribution in [0.1, 0.15) is 25.6 Å². The molecule has 0 aliphatic rings. The molecule has 0 bridgehead atoms. The van der Waals surface area contributed by atoms with Crippen molar-refractivity contribution < 1.29 is 4.52 Å². The van der Waals surface area contributed by atoms with E-state index in [0.29, 0.717) is 5.89 Å². The standard InChI is InChI=1S/C12H15N3O/c1-8(2)11-14-12(16-15-11)9-5-4-6-10(7-9)13-3/h4-8,13H,1-3H3. The van der Waals surface area contributed by atoms with E-state index < -0.39 is 0 Å². The average Bonchev–Trinajstić information content (AvgIpc) is 2.78. The highest BCUT2D eigenvalue weighted by Crippen LogP contribution is 2.22. The summed E-state index contributed by atoms with van der Waals surface area (Å²) < 4.78 is 5.22. The molecule has 0 saturated carbocycles. The molecule has 1 aromatic heterocycles. The van der Waals surface area contributed by atoms with Gasteiger partial charge in [-0.25, -0.2) is 0 Å². The van der Waals surface area contributed by atoms with Crippen molar-refractivity contribution in [2.75, 3.05) is 12.4 Å². The smallest absolute Gasteiger partial charge is 0.258 e. The van der Waals surface area contributed by atoms with E-state index in [9.17, 15) is 0 Å².